The van der Waals surface area contributed by atoms with Crippen LogP contribution in [0.25, 0.3) is 5.78 Å². The maximum Gasteiger partial charge on any atom is 0.356 e. The highest BCUT2D eigenvalue weighted by atomic mass is 16.4. The van der Waals surface area contributed by atoms with Crippen LogP contribution in [-0.2, 0) is 13.1 Å². The predicted molar refractivity (Wildman–Crippen MR) is 84.0 cm³/mol. The van der Waals surface area contributed by atoms with Crippen LogP contribution in [0.1, 0.15) is 39.3 Å². The molecule has 3 aromatic heterocycles. The molecule has 25 heavy (non-hydrogen) atoms. The number of carbonyl (C=O) groups is 2. The Morgan fingerprint density at radius 2 is 2.12 bits per heavy atom. The average molecular weight is 341 g/mol. The minimum atomic E-state index is -1.08. The van der Waals surface area contributed by atoms with Crippen molar-refractivity contribution < 1.29 is 14.7 Å². The minimum absolute atomic E-state index is 0.0186. The van der Waals surface area contributed by atoms with E-state index in [4.69, 9.17) is 5.11 Å². The number of carboxylic acid groups (broad SMARTS) is 1. The zero-order chi connectivity index (χ0) is 17.7. The minimum Gasteiger partial charge on any atom is -0.476 e. The number of rotatable bonds is 2. The van der Waals surface area contributed by atoms with Gasteiger partial charge in [0.25, 0.3) is 11.7 Å². The lowest BCUT2D eigenvalue weighted by Crippen LogP contribution is -2.45. The van der Waals surface area contributed by atoms with E-state index >= 15 is 0 Å². The second kappa shape index (κ2) is 5.36. The number of aryl methyl sites for hydroxylation is 1. The molecule has 0 radical (unpaired) electrons. The molecule has 0 aliphatic carbocycles. The first kappa shape index (κ1) is 15.2. The first-order valence-electron chi connectivity index (χ1n) is 7.72. The molecule has 1 amide bonds. The maximum absolute atomic E-state index is 13.1. The molecular weight excluding hydrogens is 326 g/mol. The van der Waals surface area contributed by atoms with Gasteiger partial charge in [0.2, 0.25) is 0 Å². The monoisotopic (exact) mass is 341 g/mol. The molecule has 128 valence electrons. The van der Waals surface area contributed by atoms with E-state index in [1.807, 2.05) is 6.92 Å². The summed E-state index contributed by atoms with van der Waals surface area (Å²) in [6.45, 7) is 4.39. The quantitative estimate of drug-likeness (QED) is 0.715. The topological polar surface area (TPSA) is 119 Å². The number of carboxylic acids is 1. The third-order valence-corrected chi connectivity index (χ3v) is 4.24. The lowest BCUT2D eigenvalue weighted by atomic mass is 10.1. The van der Waals surface area contributed by atoms with Gasteiger partial charge in [-0.3, -0.25) is 9.48 Å². The zero-order valence-corrected chi connectivity index (χ0v) is 13.6. The van der Waals surface area contributed by atoms with Gasteiger partial charge in [-0.2, -0.15) is 19.7 Å². The van der Waals surface area contributed by atoms with E-state index in [-0.39, 0.29) is 24.2 Å². The summed E-state index contributed by atoms with van der Waals surface area (Å²) in [7, 11) is 0. The first-order chi connectivity index (χ1) is 11.9. The summed E-state index contributed by atoms with van der Waals surface area (Å²) in [5, 5.41) is 17.2. The SMILES string of the molecule is Cc1cc(C(=O)N2Cc3cc(C(=O)O)nn3CC2C)n2ncnc2n1. The third-order valence-electron chi connectivity index (χ3n) is 4.24. The Balaban J connectivity index is 1.72. The summed E-state index contributed by atoms with van der Waals surface area (Å²) in [5.41, 5.74) is 1.71. The van der Waals surface area contributed by atoms with Crippen molar-refractivity contribution in [2.24, 2.45) is 0 Å². The lowest BCUT2D eigenvalue weighted by molar-refractivity contribution is 0.0593. The van der Waals surface area contributed by atoms with Gasteiger partial charge in [0.05, 0.1) is 18.8 Å². The van der Waals surface area contributed by atoms with Crippen LogP contribution >= 0.6 is 0 Å². The molecule has 1 atom stereocenters. The van der Waals surface area contributed by atoms with Gasteiger partial charge in [-0.15, -0.1) is 0 Å². The molecule has 0 saturated heterocycles. The van der Waals surface area contributed by atoms with Gasteiger partial charge in [-0.25, -0.2) is 9.78 Å². The maximum atomic E-state index is 13.1. The van der Waals surface area contributed by atoms with Crippen LogP contribution in [0.2, 0.25) is 0 Å². The Morgan fingerprint density at radius 1 is 1.32 bits per heavy atom. The Bertz CT molecular complexity index is 1010. The molecule has 10 heteroatoms. The summed E-state index contributed by atoms with van der Waals surface area (Å²) in [6.07, 6.45) is 1.35. The number of carbonyl (C=O) groups excluding carboxylic acids is 1. The second-order valence-corrected chi connectivity index (χ2v) is 6.04. The number of aromatic nitrogens is 6. The number of aromatic carboxylic acids is 1. The summed E-state index contributed by atoms with van der Waals surface area (Å²) in [6, 6.07) is 3.02. The molecule has 10 nitrogen and oxygen atoms in total. The van der Waals surface area contributed by atoms with E-state index in [0.717, 1.165) is 0 Å². The van der Waals surface area contributed by atoms with Gasteiger partial charge in [0.15, 0.2) is 5.69 Å². The van der Waals surface area contributed by atoms with E-state index in [1.165, 1.54) is 16.9 Å². The molecule has 1 aliphatic rings. The van der Waals surface area contributed by atoms with Crippen molar-refractivity contribution in [1.82, 2.24) is 34.3 Å². The molecule has 0 bridgehead atoms. The largest absolute Gasteiger partial charge is 0.476 e. The molecule has 0 saturated carbocycles. The highest BCUT2D eigenvalue weighted by Gasteiger charge is 2.31. The average Bonchev–Trinajstić information content (AvgIpc) is 3.18. The lowest BCUT2D eigenvalue weighted by Gasteiger charge is -2.33. The number of amides is 1. The highest BCUT2D eigenvalue weighted by molar-refractivity contribution is 5.93. The molecule has 1 N–H and O–H groups in total. The molecule has 4 heterocycles. The molecule has 1 unspecified atom stereocenters. The van der Waals surface area contributed by atoms with Crippen molar-refractivity contribution in [3.8, 4) is 0 Å². The molecule has 0 fully saturated rings. The van der Waals surface area contributed by atoms with Crippen LogP contribution in [0.15, 0.2) is 18.5 Å². The Labute approximate surface area is 141 Å². The van der Waals surface area contributed by atoms with E-state index < -0.39 is 5.97 Å². The van der Waals surface area contributed by atoms with Crippen molar-refractivity contribution in [2.45, 2.75) is 33.0 Å². The van der Waals surface area contributed by atoms with E-state index in [9.17, 15) is 9.59 Å². The van der Waals surface area contributed by atoms with Gasteiger partial charge in [-0.1, -0.05) is 0 Å². The zero-order valence-electron chi connectivity index (χ0n) is 13.6. The van der Waals surface area contributed by atoms with Crippen LogP contribution in [-0.4, -0.2) is 57.3 Å². The molecule has 0 spiro atoms. The van der Waals surface area contributed by atoms with Crippen LogP contribution in [0.4, 0.5) is 0 Å². The fourth-order valence-electron chi connectivity index (χ4n) is 3.03. The fraction of sp³-hybridized carbons (Fsp3) is 0.333. The van der Waals surface area contributed by atoms with Crippen molar-refractivity contribution >= 4 is 17.7 Å². The number of fused-ring (bicyclic) bond motifs is 2. The molecule has 4 rings (SSSR count). The highest BCUT2D eigenvalue weighted by Crippen LogP contribution is 2.21. The van der Waals surface area contributed by atoms with Crippen LogP contribution in [0, 0.1) is 6.92 Å². The standard InChI is InChI=1S/C15H15N7O3/c1-8-3-12(22-15(18-8)16-7-17-22)13(23)20-6-10-4-11(14(24)25)19-21(10)5-9(20)2/h3-4,7,9H,5-6H2,1-2H3,(H,24,25). The molecule has 3 aromatic rings. The smallest absolute Gasteiger partial charge is 0.356 e. The normalized spacial score (nSPS) is 16.9. The van der Waals surface area contributed by atoms with Gasteiger partial charge in [0.1, 0.15) is 12.0 Å². The van der Waals surface area contributed by atoms with Crippen LogP contribution in [0.5, 0.6) is 0 Å². The Morgan fingerprint density at radius 3 is 2.88 bits per heavy atom. The molecule has 1 aliphatic heterocycles. The summed E-state index contributed by atoms with van der Waals surface area (Å²) in [5.74, 6) is -0.925. The predicted octanol–water partition coefficient (Wildman–Crippen LogP) is 0.372. The van der Waals surface area contributed by atoms with Crippen molar-refractivity contribution in [3.63, 3.8) is 0 Å². The number of nitrogens with zero attached hydrogens (tertiary/aromatic N) is 7. The van der Waals surface area contributed by atoms with E-state index in [2.05, 4.69) is 20.2 Å². The van der Waals surface area contributed by atoms with Crippen molar-refractivity contribution in [3.05, 3.63) is 41.2 Å². The second-order valence-electron chi connectivity index (χ2n) is 6.04. The van der Waals surface area contributed by atoms with Gasteiger partial charge < -0.3 is 10.0 Å². The van der Waals surface area contributed by atoms with Crippen molar-refractivity contribution in [1.29, 1.82) is 0 Å². The Kier molecular flexibility index (Phi) is 3.27. The first-order valence-corrected chi connectivity index (χ1v) is 7.72. The third kappa shape index (κ3) is 2.42. The fourth-order valence-corrected chi connectivity index (χ4v) is 3.03. The molecular formula is C15H15N7O3. The summed E-state index contributed by atoms with van der Waals surface area (Å²) < 4.78 is 3.05. The van der Waals surface area contributed by atoms with Gasteiger partial charge >= 0.3 is 5.97 Å². The van der Waals surface area contributed by atoms with Gasteiger partial charge in [0, 0.05) is 11.7 Å². The summed E-state index contributed by atoms with van der Waals surface area (Å²) >= 11 is 0. The van der Waals surface area contributed by atoms with Crippen molar-refractivity contribution in [2.75, 3.05) is 0 Å². The van der Waals surface area contributed by atoms with Crippen LogP contribution < -0.4 is 0 Å². The van der Waals surface area contributed by atoms with Crippen LogP contribution in [0.3, 0.4) is 0 Å². The molecule has 0 aromatic carbocycles. The Hall–Kier alpha value is -3.30. The van der Waals surface area contributed by atoms with E-state index in [1.54, 1.807) is 22.6 Å². The number of hydrogen-bond acceptors (Lipinski definition) is 6. The van der Waals surface area contributed by atoms with E-state index in [0.29, 0.717) is 29.4 Å². The summed E-state index contributed by atoms with van der Waals surface area (Å²) in [4.78, 5) is 34.2. The number of hydrogen-bond donors (Lipinski definition) is 1. The van der Waals surface area contributed by atoms with Gasteiger partial charge in [-0.05, 0) is 26.0 Å².